The molecule has 1 aliphatic rings. The molecule has 1 amide bonds. The Hall–Kier alpha value is -1.04. The molecule has 0 aromatic heterocycles. The van der Waals surface area contributed by atoms with Crippen molar-refractivity contribution in [1.82, 2.24) is 4.90 Å². The molecule has 0 unspecified atom stereocenters. The van der Waals surface area contributed by atoms with Crippen LogP contribution in [-0.4, -0.2) is 46.4 Å². The Bertz CT molecular complexity index is 278. The minimum atomic E-state index is -0.967. The van der Waals surface area contributed by atoms with Gasteiger partial charge in [-0.1, -0.05) is 11.8 Å². The summed E-state index contributed by atoms with van der Waals surface area (Å²) < 4.78 is 0. The molecule has 0 atom stereocenters. The minimum Gasteiger partial charge on any atom is -0.481 e. The fraction of sp³-hybridized carbons (Fsp3) is 0.625. The minimum absolute atomic E-state index is 0.0206. The van der Waals surface area contributed by atoms with Gasteiger partial charge in [0, 0.05) is 25.8 Å². The standard InChI is InChI=1S/C8H12N2O3S/c1-10-4-5-14-8(10)9-6(11)2-3-7(12)13/h2-5H2,1H3,(H,12,13). The summed E-state index contributed by atoms with van der Waals surface area (Å²) in [6.07, 6.45) is -0.169. The Morgan fingerprint density at radius 2 is 2.29 bits per heavy atom. The van der Waals surface area contributed by atoms with Gasteiger partial charge in [0.25, 0.3) is 0 Å². The van der Waals surface area contributed by atoms with Gasteiger partial charge in [-0.2, -0.15) is 4.99 Å². The lowest BCUT2D eigenvalue weighted by Crippen LogP contribution is -2.19. The molecule has 0 aliphatic carbocycles. The van der Waals surface area contributed by atoms with Crippen molar-refractivity contribution in [1.29, 1.82) is 0 Å². The largest absolute Gasteiger partial charge is 0.481 e. The van der Waals surface area contributed by atoms with Crippen LogP contribution in [0.25, 0.3) is 0 Å². The molecule has 14 heavy (non-hydrogen) atoms. The molecule has 78 valence electrons. The maximum absolute atomic E-state index is 11.2. The summed E-state index contributed by atoms with van der Waals surface area (Å²) in [5.74, 6) is -0.392. The zero-order valence-corrected chi connectivity index (χ0v) is 8.71. The van der Waals surface area contributed by atoms with Crippen LogP contribution < -0.4 is 0 Å². The molecular formula is C8H12N2O3S. The maximum Gasteiger partial charge on any atom is 0.303 e. The molecule has 1 heterocycles. The van der Waals surface area contributed by atoms with E-state index in [1.807, 2.05) is 11.9 Å². The van der Waals surface area contributed by atoms with Crippen molar-refractivity contribution in [2.45, 2.75) is 12.8 Å². The number of nitrogens with zero attached hydrogens (tertiary/aromatic N) is 2. The van der Waals surface area contributed by atoms with E-state index >= 15 is 0 Å². The van der Waals surface area contributed by atoms with E-state index in [0.717, 1.165) is 12.3 Å². The van der Waals surface area contributed by atoms with Crippen LogP contribution in [0.2, 0.25) is 0 Å². The molecule has 6 heteroatoms. The van der Waals surface area contributed by atoms with Crippen molar-refractivity contribution in [3.05, 3.63) is 0 Å². The number of carboxylic acids is 1. The number of amides is 1. The summed E-state index contributed by atoms with van der Waals surface area (Å²) >= 11 is 1.52. The number of aliphatic imine (C=N–C) groups is 1. The summed E-state index contributed by atoms with van der Waals surface area (Å²) in [7, 11) is 1.86. The van der Waals surface area contributed by atoms with Gasteiger partial charge in [0.1, 0.15) is 0 Å². The fourth-order valence-corrected chi connectivity index (χ4v) is 2.00. The lowest BCUT2D eigenvalue weighted by Gasteiger charge is -2.08. The van der Waals surface area contributed by atoms with Gasteiger partial charge in [0.15, 0.2) is 5.17 Å². The first-order valence-electron chi connectivity index (χ1n) is 4.27. The molecule has 1 N–H and O–H groups in total. The van der Waals surface area contributed by atoms with Crippen LogP contribution in [0.3, 0.4) is 0 Å². The van der Waals surface area contributed by atoms with Gasteiger partial charge in [0.2, 0.25) is 5.91 Å². The third-order valence-corrected chi connectivity index (χ3v) is 2.81. The van der Waals surface area contributed by atoms with Gasteiger partial charge < -0.3 is 10.0 Å². The summed E-state index contributed by atoms with van der Waals surface area (Å²) in [5, 5.41) is 9.05. The molecule has 0 spiro atoms. The van der Waals surface area contributed by atoms with Crippen molar-refractivity contribution in [3.63, 3.8) is 0 Å². The lowest BCUT2D eigenvalue weighted by atomic mass is 10.3. The molecule has 0 aromatic rings. The van der Waals surface area contributed by atoms with Crippen LogP contribution in [0.1, 0.15) is 12.8 Å². The lowest BCUT2D eigenvalue weighted by molar-refractivity contribution is -0.138. The van der Waals surface area contributed by atoms with Crippen LogP contribution in [0.5, 0.6) is 0 Å². The predicted octanol–water partition coefficient (Wildman–Crippen LogP) is 0.412. The summed E-state index contributed by atoms with van der Waals surface area (Å²) in [6.45, 7) is 0.885. The summed E-state index contributed by atoms with van der Waals surface area (Å²) in [4.78, 5) is 27.1. The van der Waals surface area contributed by atoms with E-state index < -0.39 is 5.97 Å². The number of carbonyl (C=O) groups excluding carboxylic acids is 1. The van der Waals surface area contributed by atoms with Crippen molar-refractivity contribution < 1.29 is 14.7 Å². The molecule has 0 bridgehead atoms. The third-order valence-electron chi connectivity index (χ3n) is 1.76. The van der Waals surface area contributed by atoms with Gasteiger partial charge in [-0.15, -0.1) is 0 Å². The molecule has 1 rings (SSSR count). The Kier molecular flexibility index (Phi) is 3.94. The Labute approximate surface area is 86.2 Å². The second-order valence-electron chi connectivity index (χ2n) is 2.95. The number of rotatable bonds is 3. The second-order valence-corrected chi connectivity index (χ2v) is 4.01. The SMILES string of the molecule is CN1CCSC1=NC(=O)CCC(=O)O. The first-order valence-corrected chi connectivity index (χ1v) is 5.25. The zero-order valence-electron chi connectivity index (χ0n) is 7.89. The predicted molar refractivity (Wildman–Crippen MR) is 54.4 cm³/mol. The number of aliphatic carboxylic acids is 1. The molecular weight excluding hydrogens is 204 g/mol. The Balaban J connectivity index is 2.42. The van der Waals surface area contributed by atoms with Crippen molar-refractivity contribution >= 4 is 28.8 Å². The van der Waals surface area contributed by atoms with Crippen molar-refractivity contribution in [3.8, 4) is 0 Å². The van der Waals surface area contributed by atoms with Crippen LogP contribution >= 0.6 is 11.8 Å². The molecule has 1 aliphatic heterocycles. The summed E-state index contributed by atoms with van der Waals surface area (Å²) in [6, 6.07) is 0. The number of carboxylic acid groups (broad SMARTS) is 1. The van der Waals surface area contributed by atoms with Gasteiger partial charge in [-0.25, -0.2) is 0 Å². The normalized spacial score (nSPS) is 18.9. The second kappa shape index (κ2) is 4.99. The van der Waals surface area contributed by atoms with Crippen LogP contribution in [0.4, 0.5) is 0 Å². The van der Waals surface area contributed by atoms with Crippen LogP contribution in [0, 0.1) is 0 Å². The molecule has 5 nitrogen and oxygen atoms in total. The van der Waals surface area contributed by atoms with Gasteiger partial charge >= 0.3 is 5.97 Å². The quantitative estimate of drug-likeness (QED) is 0.740. The third kappa shape index (κ3) is 3.37. The number of carbonyl (C=O) groups is 2. The smallest absolute Gasteiger partial charge is 0.303 e. The highest BCUT2D eigenvalue weighted by molar-refractivity contribution is 8.14. The van der Waals surface area contributed by atoms with Gasteiger partial charge in [-0.3, -0.25) is 9.59 Å². The van der Waals surface area contributed by atoms with E-state index in [9.17, 15) is 9.59 Å². The molecule has 0 saturated carbocycles. The average molecular weight is 216 g/mol. The highest BCUT2D eigenvalue weighted by atomic mass is 32.2. The summed E-state index contributed by atoms with van der Waals surface area (Å²) in [5.41, 5.74) is 0. The molecule has 0 aromatic carbocycles. The van der Waals surface area contributed by atoms with E-state index in [0.29, 0.717) is 5.17 Å². The zero-order chi connectivity index (χ0) is 10.6. The monoisotopic (exact) mass is 216 g/mol. The fourth-order valence-electron chi connectivity index (χ4n) is 0.974. The first-order chi connectivity index (χ1) is 6.59. The number of hydrogen-bond acceptors (Lipinski definition) is 3. The number of amidine groups is 1. The first kappa shape index (κ1) is 11.0. The van der Waals surface area contributed by atoms with Crippen molar-refractivity contribution in [2.75, 3.05) is 19.3 Å². The Morgan fingerprint density at radius 1 is 1.57 bits per heavy atom. The van der Waals surface area contributed by atoms with Crippen LogP contribution in [-0.2, 0) is 9.59 Å². The van der Waals surface area contributed by atoms with E-state index in [2.05, 4.69) is 4.99 Å². The van der Waals surface area contributed by atoms with E-state index in [4.69, 9.17) is 5.11 Å². The maximum atomic E-state index is 11.2. The number of hydrogen-bond donors (Lipinski definition) is 1. The molecule has 1 saturated heterocycles. The average Bonchev–Trinajstić information content (AvgIpc) is 2.49. The van der Waals surface area contributed by atoms with E-state index in [-0.39, 0.29) is 18.7 Å². The van der Waals surface area contributed by atoms with Gasteiger partial charge in [-0.05, 0) is 0 Å². The topological polar surface area (TPSA) is 70.0 Å². The molecule has 0 radical (unpaired) electrons. The highest BCUT2D eigenvalue weighted by Crippen LogP contribution is 2.15. The van der Waals surface area contributed by atoms with E-state index in [1.165, 1.54) is 11.8 Å². The highest BCUT2D eigenvalue weighted by Gasteiger charge is 2.16. The molecule has 1 fully saturated rings. The number of thioether (sulfide) groups is 1. The Morgan fingerprint density at radius 3 is 2.79 bits per heavy atom. The van der Waals surface area contributed by atoms with Crippen LogP contribution in [0.15, 0.2) is 4.99 Å². The van der Waals surface area contributed by atoms with Gasteiger partial charge in [0.05, 0.1) is 6.42 Å². The van der Waals surface area contributed by atoms with E-state index in [1.54, 1.807) is 0 Å². The van der Waals surface area contributed by atoms with Crippen molar-refractivity contribution in [2.24, 2.45) is 4.99 Å².